The molecule has 21 heavy (non-hydrogen) atoms. The highest BCUT2D eigenvalue weighted by molar-refractivity contribution is 6.00. The average Bonchev–Trinajstić information content (AvgIpc) is 3.27. The third-order valence-electron chi connectivity index (χ3n) is 3.60. The number of rotatable bonds is 8. The highest BCUT2D eigenvalue weighted by Gasteiger charge is 2.24. The van der Waals surface area contributed by atoms with Crippen molar-refractivity contribution < 1.29 is 9.72 Å². The lowest BCUT2D eigenvalue weighted by Gasteiger charge is -2.09. The molecule has 0 radical (unpaired) electrons. The van der Waals surface area contributed by atoms with Crippen LogP contribution in [0.4, 0.5) is 11.4 Å². The second-order valence-electron chi connectivity index (χ2n) is 5.33. The number of nitrogens with one attached hydrogen (secondary N) is 2. The predicted molar refractivity (Wildman–Crippen MR) is 81.6 cm³/mol. The molecule has 1 amide bonds. The van der Waals surface area contributed by atoms with Crippen LogP contribution in [0.15, 0.2) is 18.2 Å². The van der Waals surface area contributed by atoms with Gasteiger partial charge in [-0.1, -0.05) is 18.9 Å². The highest BCUT2D eigenvalue weighted by atomic mass is 16.6. The van der Waals surface area contributed by atoms with Crippen LogP contribution in [0.3, 0.4) is 0 Å². The molecule has 1 fully saturated rings. The maximum atomic E-state index is 12.1. The Morgan fingerprint density at radius 3 is 2.81 bits per heavy atom. The summed E-state index contributed by atoms with van der Waals surface area (Å²) in [5.74, 6) is 0.450. The van der Waals surface area contributed by atoms with E-state index in [0.29, 0.717) is 18.8 Å². The van der Waals surface area contributed by atoms with Gasteiger partial charge >= 0.3 is 5.69 Å². The van der Waals surface area contributed by atoms with Gasteiger partial charge in [-0.05, 0) is 37.8 Å². The summed E-state index contributed by atoms with van der Waals surface area (Å²) >= 11 is 0. The minimum Gasteiger partial charge on any atom is -0.380 e. The number of carbonyl (C=O) groups is 1. The summed E-state index contributed by atoms with van der Waals surface area (Å²) in [6, 6.07) is 4.77. The van der Waals surface area contributed by atoms with Crippen molar-refractivity contribution >= 4 is 17.3 Å². The van der Waals surface area contributed by atoms with Gasteiger partial charge in [0.2, 0.25) is 0 Å². The third-order valence-corrected chi connectivity index (χ3v) is 3.60. The lowest BCUT2D eigenvalue weighted by atomic mass is 10.1. The Bertz CT molecular complexity index is 527. The maximum Gasteiger partial charge on any atom is 0.305 e. The maximum absolute atomic E-state index is 12.1. The number of nitro benzene ring substituents is 1. The number of nitro groups is 1. The zero-order chi connectivity index (χ0) is 15.2. The van der Waals surface area contributed by atoms with Crippen molar-refractivity contribution in [2.45, 2.75) is 32.6 Å². The molecule has 1 aromatic carbocycles. The number of amides is 1. The summed E-state index contributed by atoms with van der Waals surface area (Å²) in [5.41, 5.74) is 0.344. The summed E-state index contributed by atoms with van der Waals surface area (Å²) in [5, 5.41) is 16.9. The number of nitrogens with zero attached hydrogens (tertiary/aromatic N) is 1. The van der Waals surface area contributed by atoms with Crippen LogP contribution < -0.4 is 10.6 Å². The number of para-hydroxylation sites is 1. The Morgan fingerprint density at radius 2 is 2.19 bits per heavy atom. The molecule has 1 saturated carbocycles. The molecule has 0 spiro atoms. The number of benzene rings is 1. The van der Waals surface area contributed by atoms with Crippen molar-refractivity contribution in [1.82, 2.24) is 5.32 Å². The van der Waals surface area contributed by atoms with Crippen LogP contribution in [-0.4, -0.2) is 23.9 Å². The molecule has 6 heteroatoms. The third kappa shape index (κ3) is 4.18. The van der Waals surface area contributed by atoms with Crippen LogP contribution >= 0.6 is 0 Å². The predicted octanol–water partition coefficient (Wildman–Crippen LogP) is 2.95. The molecule has 2 N–H and O–H groups in total. The van der Waals surface area contributed by atoms with Gasteiger partial charge in [-0.3, -0.25) is 14.9 Å². The number of carbonyl (C=O) groups excluding carboxylic acids is 1. The Balaban J connectivity index is 2.03. The van der Waals surface area contributed by atoms with Crippen molar-refractivity contribution in [2.75, 3.05) is 18.4 Å². The average molecular weight is 291 g/mol. The summed E-state index contributed by atoms with van der Waals surface area (Å²) in [4.78, 5) is 22.9. The normalized spacial score (nSPS) is 13.8. The summed E-state index contributed by atoms with van der Waals surface area (Å²) < 4.78 is 0. The van der Waals surface area contributed by atoms with Gasteiger partial charge in [-0.25, -0.2) is 0 Å². The number of hydrogen-bond acceptors (Lipinski definition) is 4. The van der Waals surface area contributed by atoms with Crippen LogP contribution in [0.5, 0.6) is 0 Å². The molecule has 0 bridgehead atoms. The minimum absolute atomic E-state index is 0.116. The topological polar surface area (TPSA) is 84.3 Å². The Hall–Kier alpha value is -2.11. The molecule has 1 aliphatic rings. The zero-order valence-corrected chi connectivity index (χ0v) is 12.2. The fraction of sp³-hybridized carbons (Fsp3) is 0.533. The molecule has 0 heterocycles. The van der Waals surface area contributed by atoms with Crippen LogP contribution in [0, 0.1) is 16.0 Å². The lowest BCUT2D eigenvalue weighted by molar-refractivity contribution is -0.384. The van der Waals surface area contributed by atoms with Gasteiger partial charge in [0.1, 0.15) is 11.3 Å². The summed E-state index contributed by atoms with van der Waals surface area (Å²) in [6.07, 6.45) is 4.64. The lowest BCUT2D eigenvalue weighted by Crippen LogP contribution is -2.25. The van der Waals surface area contributed by atoms with E-state index >= 15 is 0 Å². The largest absolute Gasteiger partial charge is 0.380 e. The molecular weight excluding hydrogens is 270 g/mol. The number of anilines is 1. The van der Waals surface area contributed by atoms with Crippen LogP contribution in [-0.2, 0) is 0 Å². The Morgan fingerprint density at radius 1 is 1.43 bits per heavy atom. The van der Waals surface area contributed by atoms with E-state index in [0.717, 1.165) is 18.8 Å². The van der Waals surface area contributed by atoms with E-state index in [4.69, 9.17) is 0 Å². The van der Waals surface area contributed by atoms with E-state index in [1.54, 1.807) is 12.1 Å². The van der Waals surface area contributed by atoms with Crippen molar-refractivity contribution in [3.63, 3.8) is 0 Å². The van der Waals surface area contributed by atoms with Crippen molar-refractivity contribution in [1.29, 1.82) is 0 Å². The van der Waals surface area contributed by atoms with Gasteiger partial charge in [0, 0.05) is 13.1 Å². The standard InChI is InChI=1S/C15H21N3O3/c1-2-16-13-7-3-6-12(14(13)18(20)21)15(19)17-10-4-5-11-8-9-11/h3,6-7,11,16H,2,4-5,8-10H2,1H3,(H,17,19). The first kappa shape index (κ1) is 15.3. The molecule has 0 unspecified atom stereocenters. The molecule has 2 rings (SSSR count). The molecule has 1 aliphatic carbocycles. The van der Waals surface area contributed by atoms with Gasteiger partial charge in [0.15, 0.2) is 0 Å². The van der Waals surface area contributed by atoms with E-state index in [1.165, 1.54) is 18.9 Å². The van der Waals surface area contributed by atoms with Gasteiger partial charge in [0.25, 0.3) is 5.91 Å². The molecule has 0 saturated heterocycles. The molecule has 114 valence electrons. The van der Waals surface area contributed by atoms with Gasteiger partial charge < -0.3 is 10.6 Å². The smallest absolute Gasteiger partial charge is 0.305 e. The van der Waals surface area contributed by atoms with Gasteiger partial charge in [-0.2, -0.15) is 0 Å². The van der Waals surface area contributed by atoms with E-state index in [-0.39, 0.29) is 17.2 Å². The van der Waals surface area contributed by atoms with Crippen molar-refractivity contribution in [2.24, 2.45) is 5.92 Å². The van der Waals surface area contributed by atoms with Crippen molar-refractivity contribution in [3.8, 4) is 0 Å². The molecule has 0 atom stereocenters. The van der Waals surface area contributed by atoms with E-state index < -0.39 is 4.92 Å². The minimum atomic E-state index is -0.503. The first-order valence-corrected chi connectivity index (χ1v) is 7.43. The second-order valence-corrected chi connectivity index (χ2v) is 5.33. The molecular formula is C15H21N3O3. The zero-order valence-electron chi connectivity index (χ0n) is 12.2. The molecule has 0 aliphatic heterocycles. The fourth-order valence-corrected chi connectivity index (χ4v) is 2.35. The van der Waals surface area contributed by atoms with Crippen LogP contribution in [0.1, 0.15) is 43.0 Å². The van der Waals surface area contributed by atoms with Gasteiger partial charge in [-0.15, -0.1) is 0 Å². The second kappa shape index (κ2) is 7.06. The van der Waals surface area contributed by atoms with E-state index in [9.17, 15) is 14.9 Å². The number of hydrogen-bond donors (Lipinski definition) is 2. The van der Waals surface area contributed by atoms with Crippen LogP contribution in [0.2, 0.25) is 0 Å². The van der Waals surface area contributed by atoms with Crippen LogP contribution in [0.25, 0.3) is 0 Å². The van der Waals surface area contributed by atoms with E-state index in [1.807, 2.05) is 6.92 Å². The Kier molecular flexibility index (Phi) is 5.14. The Labute approximate surface area is 124 Å². The fourth-order valence-electron chi connectivity index (χ4n) is 2.35. The quantitative estimate of drug-likeness (QED) is 0.438. The summed E-state index contributed by atoms with van der Waals surface area (Å²) in [7, 11) is 0. The first-order chi connectivity index (χ1) is 10.1. The molecule has 1 aromatic rings. The summed E-state index contributed by atoms with van der Waals surface area (Å²) in [6.45, 7) is 2.99. The first-order valence-electron chi connectivity index (χ1n) is 7.43. The highest BCUT2D eigenvalue weighted by Crippen LogP contribution is 2.33. The van der Waals surface area contributed by atoms with Crippen molar-refractivity contribution in [3.05, 3.63) is 33.9 Å². The monoisotopic (exact) mass is 291 g/mol. The molecule has 6 nitrogen and oxygen atoms in total. The van der Waals surface area contributed by atoms with Gasteiger partial charge in [0.05, 0.1) is 4.92 Å². The SMILES string of the molecule is CCNc1cccc(C(=O)NCCCC2CC2)c1[N+](=O)[O-]. The molecule has 0 aromatic heterocycles. The van der Waals surface area contributed by atoms with E-state index in [2.05, 4.69) is 10.6 Å².